The van der Waals surface area contributed by atoms with E-state index in [0.29, 0.717) is 0 Å². The molecular formula is C19H39. The van der Waals surface area contributed by atoms with Crippen LogP contribution in [0.1, 0.15) is 105 Å². The Labute approximate surface area is 123 Å². The van der Waals surface area contributed by atoms with E-state index in [2.05, 4.69) is 34.1 Å². The van der Waals surface area contributed by atoms with Crippen LogP contribution in [0.4, 0.5) is 0 Å². The lowest BCUT2D eigenvalue weighted by Crippen LogP contribution is -2.08. The molecule has 0 aromatic carbocycles. The van der Waals surface area contributed by atoms with E-state index in [4.69, 9.17) is 0 Å². The summed E-state index contributed by atoms with van der Waals surface area (Å²) in [6, 6.07) is 0. The Balaban J connectivity index is 3.70. The zero-order valence-corrected chi connectivity index (χ0v) is 14.2. The molecule has 1 radical (unpaired) electrons. The SMILES string of the molecule is CCCCCCC(C)[CH]C(CCC)CCCCCC. The Morgan fingerprint density at radius 2 is 1.21 bits per heavy atom. The van der Waals surface area contributed by atoms with Gasteiger partial charge in [-0.2, -0.15) is 0 Å². The second-order valence-electron chi connectivity index (χ2n) is 6.42. The molecule has 0 nitrogen and oxygen atoms in total. The largest absolute Gasteiger partial charge is 0.0654 e. The molecular weight excluding hydrogens is 228 g/mol. The molecule has 0 aromatic heterocycles. The van der Waals surface area contributed by atoms with Crippen LogP contribution in [0.2, 0.25) is 0 Å². The van der Waals surface area contributed by atoms with Crippen molar-refractivity contribution in [2.75, 3.05) is 0 Å². The van der Waals surface area contributed by atoms with Gasteiger partial charge in [-0.05, 0) is 18.3 Å². The van der Waals surface area contributed by atoms with Crippen molar-refractivity contribution in [1.82, 2.24) is 0 Å². The fourth-order valence-electron chi connectivity index (χ4n) is 2.99. The quantitative estimate of drug-likeness (QED) is 0.292. The minimum absolute atomic E-state index is 0.833. The first kappa shape index (κ1) is 19.0. The second-order valence-corrected chi connectivity index (χ2v) is 6.42. The maximum Gasteiger partial charge on any atom is -0.0326 e. The van der Waals surface area contributed by atoms with Gasteiger partial charge in [-0.25, -0.2) is 0 Å². The highest BCUT2D eigenvalue weighted by atomic mass is 14.2. The third-order valence-corrected chi connectivity index (χ3v) is 4.20. The first-order valence-corrected chi connectivity index (χ1v) is 9.09. The monoisotopic (exact) mass is 267 g/mol. The van der Waals surface area contributed by atoms with Crippen LogP contribution in [0.15, 0.2) is 0 Å². The molecule has 0 fully saturated rings. The first-order chi connectivity index (χ1) is 9.24. The van der Waals surface area contributed by atoms with E-state index in [9.17, 15) is 0 Å². The van der Waals surface area contributed by atoms with Crippen molar-refractivity contribution in [1.29, 1.82) is 0 Å². The van der Waals surface area contributed by atoms with Crippen molar-refractivity contribution in [2.45, 2.75) is 105 Å². The van der Waals surface area contributed by atoms with Gasteiger partial charge in [0.1, 0.15) is 0 Å². The number of hydrogen-bond donors (Lipinski definition) is 0. The van der Waals surface area contributed by atoms with E-state index in [-0.39, 0.29) is 0 Å². The molecule has 0 N–H and O–H groups in total. The Morgan fingerprint density at radius 3 is 1.74 bits per heavy atom. The van der Waals surface area contributed by atoms with Gasteiger partial charge in [0.15, 0.2) is 0 Å². The van der Waals surface area contributed by atoms with Gasteiger partial charge in [0, 0.05) is 0 Å². The summed E-state index contributed by atoms with van der Waals surface area (Å²) in [5, 5.41) is 0. The van der Waals surface area contributed by atoms with Crippen LogP contribution in [-0.2, 0) is 0 Å². The minimum Gasteiger partial charge on any atom is -0.0654 e. The van der Waals surface area contributed by atoms with E-state index in [1.165, 1.54) is 77.0 Å². The summed E-state index contributed by atoms with van der Waals surface area (Å²) < 4.78 is 0. The summed E-state index contributed by atoms with van der Waals surface area (Å²) in [5.41, 5.74) is 0. The van der Waals surface area contributed by atoms with Gasteiger partial charge in [-0.3, -0.25) is 0 Å². The standard InChI is InChI=1S/C19H39/c1-5-8-10-12-15-18(4)17-19(14-7-3)16-13-11-9-6-2/h17-19H,5-16H2,1-4H3. The lowest BCUT2D eigenvalue weighted by molar-refractivity contribution is 0.410. The smallest absolute Gasteiger partial charge is 0.0326 e. The van der Waals surface area contributed by atoms with Crippen LogP contribution in [0.3, 0.4) is 0 Å². The summed E-state index contributed by atoms with van der Waals surface area (Å²) in [6.07, 6.45) is 19.6. The zero-order valence-electron chi connectivity index (χ0n) is 14.2. The summed E-state index contributed by atoms with van der Waals surface area (Å²) in [6.45, 7) is 9.36. The summed E-state index contributed by atoms with van der Waals surface area (Å²) in [7, 11) is 0. The highest BCUT2D eigenvalue weighted by Gasteiger charge is 2.12. The van der Waals surface area contributed by atoms with Gasteiger partial charge >= 0.3 is 0 Å². The molecule has 19 heavy (non-hydrogen) atoms. The number of hydrogen-bond acceptors (Lipinski definition) is 0. The third kappa shape index (κ3) is 12.8. The van der Waals surface area contributed by atoms with E-state index in [0.717, 1.165) is 11.8 Å². The molecule has 0 aliphatic heterocycles. The number of rotatable bonds is 14. The van der Waals surface area contributed by atoms with Crippen LogP contribution in [0.25, 0.3) is 0 Å². The first-order valence-electron chi connectivity index (χ1n) is 9.09. The molecule has 0 bridgehead atoms. The molecule has 0 heterocycles. The molecule has 2 unspecified atom stereocenters. The topological polar surface area (TPSA) is 0 Å². The molecule has 0 heteroatoms. The molecule has 0 aliphatic carbocycles. The molecule has 115 valence electrons. The molecule has 0 amide bonds. The highest BCUT2D eigenvalue weighted by Crippen LogP contribution is 2.25. The molecule has 0 rings (SSSR count). The van der Waals surface area contributed by atoms with Gasteiger partial charge in [-0.1, -0.05) is 105 Å². The van der Waals surface area contributed by atoms with Crippen LogP contribution in [-0.4, -0.2) is 0 Å². The van der Waals surface area contributed by atoms with Crippen molar-refractivity contribution >= 4 is 0 Å². The third-order valence-electron chi connectivity index (χ3n) is 4.20. The minimum atomic E-state index is 0.833. The Hall–Kier alpha value is 0. The summed E-state index contributed by atoms with van der Waals surface area (Å²) in [4.78, 5) is 0. The van der Waals surface area contributed by atoms with Crippen molar-refractivity contribution in [3.63, 3.8) is 0 Å². The molecule has 0 aromatic rings. The fourth-order valence-corrected chi connectivity index (χ4v) is 2.99. The molecule has 0 spiro atoms. The lowest BCUT2D eigenvalue weighted by Gasteiger charge is -2.20. The van der Waals surface area contributed by atoms with Gasteiger partial charge in [0.25, 0.3) is 0 Å². The second kappa shape index (κ2) is 14.4. The Bertz CT molecular complexity index is 161. The van der Waals surface area contributed by atoms with E-state index < -0.39 is 0 Å². The highest BCUT2D eigenvalue weighted by molar-refractivity contribution is 4.81. The fraction of sp³-hybridized carbons (Fsp3) is 0.947. The Kier molecular flexibility index (Phi) is 14.4. The predicted octanol–water partition coefficient (Wildman–Crippen LogP) is 7.18. The van der Waals surface area contributed by atoms with Crippen molar-refractivity contribution in [3.05, 3.63) is 6.42 Å². The molecule has 0 saturated carbocycles. The summed E-state index contributed by atoms with van der Waals surface area (Å²) in [5.74, 6) is 1.72. The molecule has 0 aliphatic rings. The van der Waals surface area contributed by atoms with Crippen LogP contribution in [0, 0.1) is 18.3 Å². The van der Waals surface area contributed by atoms with E-state index in [1.807, 2.05) is 0 Å². The van der Waals surface area contributed by atoms with Gasteiger partial charge < -0.3 is 0 Å². The number of unbranched alkanes of at least 4 members (excludes halogenated alkanes) is 6. The molecule has 2 atom stereocenters. The normalized spacial score (nSPS) is 14.5. The Morgan fingerprint density at radius 1 is 0.632 bits per heavy atom. The maximum absolute atomic E-state index is 2.68. The van der Waals surface area contributed by atoms with Crippen LogP contribution in [0.5, 0.6) is 0 Å². The lowest BCUT2D eigenvalue weighted by atomic mass is 9.85. The zero-order chi connectivity index (χ0) is 14.3. The average Bonchev–Trinajstić information content (AvgIpc) is 2.40. The van der Waals surface area contributed by atoms with Crippen molar-refractivity contribution in [3.8, 4) is 0 Å². The average molecular weight is 268 g/mol. The van der Waals surface area contributed by atoms with Crippen molar-refractivity contribution < 1.29 is 0 Å². The summed E-state index contributed by atoms with van der Waals surface area (Å²) >= 11 is 0. The maximum atomic E-state index is 2.68. The van der Waals surface area contributed by atoms with Gasteiger partial charge in [-0.15, -0.1) is 0 Å². The van der Waals surface area contributed by atoms with Crippen LogP contribution < -0.4 is 0 Å². The van der Waals surface area contributed by atoms with E-state index >= 15 is 0 Å². The predicted molar refractivity (Wildman–Crippen MR) is 89.4 cm³/mol. The molecule has 0 saturated heterocycles. The van der Waals surface area contributed by atoms with Gasteiger partial charge in [0.2, 0.25) is 0 Å². The van der Waals surface area contributed by atoms with E-state index in [1.54, 1.807) is 0 Å². The van der Waals surface area contributed by atoms with Crippen LogP contribution >= 0.6 is 0 Å². The van der Waals surface area contributed by atoms with Gasteiger partial charge in [0.05, 0.1) is 0 Å². The van der Waals surface area contributed by atoms with Crippen molar-refractivity contribution in [2.24, 2.45) is 11.8 Å².